The van der Waals surface area contributed by atoms with Gasteiger partial charge in [0, 0.05) is 6.42 Å². The lowest BCUT2D eigenvalue weighted by Gasteiger charge is -2.11. The van der Waals surface area contributed by atoms with Crippen molar-refractivity contribution in [3.05, 3.63) is 53.2 Å². The average Bonchev–Trinajstić information content (AvgIpc) is 2.84. The van der Waals surface area contributed by atoms with E-state index < -0.39 is 17.6 Å². The fourth-order valence-electron chi connectivity index (χ4n) is 1.73. The highest BCUT2D eigenvalue weighted by Gasteiger charge is 2.31. The fraction of sp³-hybridized carbons (Fsp3) is 0.286. The summed E-state index contributed by atoms with van der Waals surface area (Å²) in [4.78, 5) is 0. The average molecular weight is 287 g/mol. The Balaban J connectivity index is 2.12. The number of anilines is 1. The van der Waals surface area contributed by atoms with E-state index in [4.69, 9.17) is 4.42 Å². The van der Waals surface area contributed by atoms with Gasteiger partial charge in [0.15, 0.2) is 0 Å². The van der Waals surface area contributed by atoms with Gasteiger partial charge in [-0.3, -0.25) is 0 Å². The second-order valence-electron chi connectivity index (χ2n) is 4.27. The molecule has 0 unspecified atom stereocenters. The Morgan fingerprint density at radius 2 is 1.80 bits per heavy atom. The Kier molecular flexibility index (Phi) is 4.01. The quantitative estimate of drug-likeness (QED) is 0.830. The minimum absolute atomic E-state index is 0.123. The van der Waals surface area contributed by atoms with Gasteiger partial charge in [-0.15, -0.1) is 0 Å². The van der Waals surface area contributed by atoms with Crippen LogP contribution >= 0.6 is 0 Å². The first kappa shape index (κ1) is 14.4. The molecule has 0 aliphatic rings. The van der Waals surface area contributed by atoms with Gasteiger partial charge in [0.25, 0.3) is 0 Å². The summed E-state index contributed by atoms with van der Waals surface area (Å²) in [5, 5.41) is 2.61. The summed E-state index contributed by atoms with van der Waals surface area (Å²) in [7, 11) is 0. The van der Waals surface area contributed by atoms with Gasteiger partial charge >= 0.3 is 6.18 Å². The van der Waals surface area contributed by atoms with E-state index in [0.717, 1.165) is 24.3 Å². The number of halogens is 4. The molecule has 0 saturated carbocycles. The van der Waals surface area contributed by atoms with Crippen molar-refractivity contribution in [1.29, 1.82) is 0 Å². The van der Waals surface area contributed by atoms with Crippen molar-refractivity contribution < 1.29 is 22.0 Å². The predicted molar refractivity (Wildman–Crippen MR) is 66.8 cm³/mol. The van der Waals surface area contributed by atoms with Crippen LogP contribution in [0.4, 0.5) is 23.2 Å². The Bertz CT molecular complexity index is 589. The molecule has 0 aliphatic heterocycles. The van der Waals surface area contributed by atoms with Crippen molar-refractivity contribution in [3.8, 4) is 0 Å². The predicted octanol–water partition coefficient (Wildman–Crippen LogP) is 4.61. The van der Waals surface area contributed by atoms with Crippen LogP contribution in [0, 0.1) is 5.82 Å². The molecule has 20 heavy (non-hydrogen) atoms. The Labute approximate surface area is 113 Å². The number of rotatable bonds is 4. The van der Waals surface area contributed by atoms with Gasteiger partial charge < -0.3 is 9.73 Å². The maximum atomic E-state index is 13.5. The van der Waals surface area contributed by atoms with Gasteiger partial charge in [-0.05, 0) is 30.3 Å². The number of furan rings is 1. The van der Waals surface area contributed by atoms with Gasteiger partial charge in [-0.1, -0.05) is 6.92 Å². The van der Waals surface area contributed by atoms with Crippen LogP contribution in [-0.2, 0) is 19.1 Å². The molecule has 108 valence electrons. The first-order chi connectivity index (χ1) is 9.40. The van der Waals surface area contributed by atoms with E-state index in [1.165, 1.54) is 0 Å². The topological polar surface area (TPSA) is 25.2 Å². The molecule has 0 fully saturated rings. The standard InChI is InChI=1S/C14H13F4NO/c1-2-10-4-5-11(20-10)8-19-13-7-9(14(16,17)18)3-6-12(13)15/h3-7,19H,2,8H2,1H3. The third kappa shape index (κ3) is 3.31. The van der Waals surface area contributed by atoms with Crippen LogP contribution < -0.4 is 5.32 Å². The molecule has 0 spiro atoms. The maximum Gasteiger partial charge on any atom is 0.416 e. The van der Waals surface area contributed by atoms with Gasteiger partial charge in [0.05, 0.1) is 17.8 Å². The number of benzene rings is 1. The van der Waals surface area contributed by atoms with Crippen LogP contribution in [0.3, 0.4) is 0 Å². The van der Waals surface area contributed by atoms with Gasteiger partial charge in [0.1, 0.15) is 17.3 Å². The molecule has 0 amide bonds. The van der Waals surface area contributed by atoms with Crippen LogP contribution in [0.5, 0.6) is 0 Å². The van der Waals surface area contributed by atoms with Crippen LogP contribution in [0.2, 0.25) is 0 Å². The van der Waals surface area contributed by atoms with Crippen LogP contribution in [-0.4, -0.2) is 0 Å². The van der Waals surface area contributed by atoms with Crippen molar-refractivity contribution in [3.63, 3.8) is 0 Å². The molecule has 2 rings (SSSR count). The summed E-state index contributed by atoms with van der Waals surface area (Å²) < 4.78 is 56.5. The van der Waals surface area contributed by atoms with Crippen molar-refractivity contribution in [2.45, 2.75) is 26.1 Å². The van der Waals surface area contributed by atoms with Crippen LogP contribution in [0.15, 0.2) is 34.7 Å². The minimum atomic E-state index is -4.50. The Morgan fingerprint density at radius 3 is 2.40 bits per heavy atom. The largest absolute Gasteiger partial charge is 0.464 e. The molecule has 1 heterocycles. The zero-order chi connectivity index (χ0) is 14.8. The van der Waals surface area contributed by atoms with E-state index in [2.05, 4.69) is 5.32 Å². The van der Waals surface area contributed by atoms with Crippen LogP contribution in [0.25, 0.3) is 0 Å². The van der Waals surface area contributed by atoms with Crippen molar-refractivity contribution >= 4 is 5.69 Å². The molecule has 2 nitrogen and oxygen atoms in total. The highest BCUT2D eigenvalue weighted by molar-refractivity contribution is 5.48. The molecular weight excluding hydrogens is 274 g/mol. The molecule has 0 saturated heterocycles. The minimum Gasteiger partial charge on any atom is -0.464 e. The van der Waals surface area contributed by atoms with E-state index >= 15 is 0 Å². The lowest BCUT2D eigenvalue weighted by Crippen LogP contribution is -2.07. The molecule has 0 aliphatic carbocycles. The zero-order valence-corrected chi connectivity index (χ0v) is 10.7. The van der Waals surface area contributed by atoms with Gasteiger partial charge in [0.2, 0.25) is 0 Å². The van der Waals surface area contributed by atoms with E-state index in [9.17, 15) is 17.6 Å². The number of nitrogens with one attached hydrogen (secondary N) is 1. The molecule has 0 radical (unpaired) electrons. The summed E-state index contributed by atoms with van der Waals surface area (Å²) in [6.07, 6.45) is -3.78. The zero-order valence-electron chi connectivity index (χ0n) is 10.7. The third-order valence-electron chi connectivity index (χ3n) is 2.81. The first-order valence-corrected chi connectivity index (χ1v) is 6.08. The van der Waals surface area contributed by atoms with Gasteiger partial charge in [-0.2, -0.15) is 13.2 Å². The summed E-state index contributed by atoms with van der Waals surface area (Å²) in [6.45, 7) is 2.04. The van der Waals surface area contributed by atoms with E-state index in [1.807, 2.05) is 6.92 Å². The fourth-order valence-corrected chi connectivity index (χ4v) is 1.73. The Morgan fingerprint density at radius 1 is 1.10 bits per heavy atom. The van der Waals surface area contributed by atoms with E-state index in [0.29, 0.717) is 11.8 Å². The monoisotopic (exact) mass is 287 g/mol. The van der Waals surface area contributed by atoms with E-state index in [1.54, 1.807) is 12.1 Å². The molecular formula is C14H13F4NO. The first-order valence-electron chi connectivity index (χ1n) is 6.08. The van der Waals surface area contributed by atoms with Crippen LogP contribution in [0.1, 0.15) is 24.0 Å². The van der Waals surface area contributed by atoms with Gasteiger partial charge in [-0.25, -0.2) is 4.39 Å². The summed E-state index contributed by atoms with van der Waals surface area (Å²) in [6, 6.07) is 5.74. The molecule has 0 atom stereocenters. The number of hydrogen-bond donors (Lipinski definition) is 1. The summed E-state index contributed by atoms with van der Waals surface area (Å²) >= 11 is 0. The van der Waals surface area contributed by atoms with Crippen molar-refractivity contribution in [2.24, 2.45) is 0 Å². The highest BCUT2D eigenvalue weighted by atomic mass is 19.4. The number of hydrogen-bond acceptors (Lipinski definition) is 2. The second-order valence-corrected chi connectivity index (χ2v) is 4.27. The normalized spacial score (nSPS) is 11.7. The Hall–Kier alpha value is -1.98. The maximum absolute atomic E-state index is 13.5. The SMILES string of the molecule is CCc1ccc(CNc2cc(C(F)(F)F)ccc2F)o1. The van der Waals surface area contributed by atoms with Crippen molar-refractivity contribution in [1.82, 2.24) is 0 Å². The summed E-state index contributed by atoms with van der Waals surface area (Å²) in [5.74, 6) is 0.574. The summed E-state index contributed by atoms with van der Waals surface area (Å²) in [5.41, 5.74) is -1.09. The lowest BCUT2D eigenvalue weighted by atomic mass is 10.2. The van der Waals surface area contributed by atoms with Crippen molar-refractivity contribution in [2.75, 3.05) is 5.32 Å². The molecule has 0 bridgehead atoms. The molecule has 1 aromatic carbocycles. The molecule has 1 N–H and O–H groups in total. The smallest absolute Gasteiger partial charge is 0.416 e. The highest BCUT2D eigenvalue weighted by Crippen LogP contribution is 2.31. The lowest BCUT2D eigenvalue weighted by molar-refractivity contribution is -0.137. The molecule has 2 aromatic rings. The number of aryl methyl sites for hydroxylation is 1. The van der Waals surface area contributed by atoms with E-state index in [-0.39, 0.29) is 12.2 Å². The second kappa shape index (κ2) is 5.56. The molecule has 1 aromatic heterocycles. The third-order valence-corrected chi connectivity index (χ3v) is 2.81. The molecule has 6 heteroatoms. The number of alkyl halides is 3.